The maximum atomic E-state index is 13.5. The summed E-state index contributed by atoms with van der Waals surface area (Å²) in [6.45, 7) is 3.00. The number of hydrogen-bond donors (Lipinski definition) is 3. The molecule has 1 aromatic rings. The van der Waals surface area contributed by atoms with Gasteiger partial charge in [-0.25, -0.2) is 4.39 Å². The second-order valence-electron chi connectivity index (χ2n) is 5.09. The van der Waals surface area contributed by atoms with E-state index in [-0.39, 0.29) is 11.3 Å². The van der Waals surface area contributed by atoms with E-state index in [1.54, 1.807) is 0 Å². The molecule has 0 unspecified atom stereocenters. The van der Waals surface area contributed by atoms with E-state index in [9.17, 15) is 9.18 Å². The molecule has 1 saturated heterocycles. The number of hydrogen-bond acceptors (Lipinski definition) is 4. The Labute approximate surface area is 123 Å². The fourth-order valence-electron chi connectivity index (χ4n) is 2.27. The molecule has 0 bridgehead atoms. The maximum absolute atomic E-state index is 13.5. The first kappa shape index (κ1) is 15.7. The summed E-state index contributed by atoms with van der Waals surface area (Å²) in [4.78, 5) is 11.8. The molecule has 21 heavy (non-hydrogen) atoms. The number of benzene rings is 1. The van der Waals surface area contributed by atoms with Crippen molar-refractivity contribution in [1.29, 1.82) is 0 Å². The Hall–Kier alpha value is -1.66. The summed E-state index contributed by atoms with van der Waals surface area (Å²) < 4.78 is 19.2. The van der Waals surface area contributed by atoms with Gasteiger partial charge in [0.2, 0.25) is 0 Å². The minimum atomic E-state index is -0.724. The SMILES string of the molecule is O=C(NCCCOC1CCNCC1)c1ccc(O)cc1F. The first-order valence-corrected chi connectivity index (χ1v) is 7.26. The van der Waals surface area contributed by atoms with Crippen LogP contribution in [0.5, 0.6) is 5.75 Å². The van der Waals surface area contributed by atoms with Crippen molar-refractivity contribution in [3.63, 3.8) is 0 Å². The van der Waals surface area contributed by atoms with Crippen molar-refractivity contribution in [3.05, 3.63) is 29.6 Å². The summed E-state index contributed by atoms with van der Waals surface area (Å²) in [7, 11) is 0. The third-order valence-corrected chi connectivity index (χ3v) is 3.44. The van der Waals surface area contributed by atoms with Crippen LogP contribution in [-0.4, -0.2) is 43.4 Å². The predicted octanol–water partition coefficient (Wildman–Crippen LogP) is 1.42. The smallest absolute Gasteiger partial charge is 0.254 e. The predicted molar refractivity (Wildman–Crippen MR) is 76.9 cm³/mol. The number of nitrogens with one attached hydrogen (secondary N) is 2. The van der Waals surface area contributed by atoms with Crippen LogP contribution >= 0.6 is 0 Å². The number of amides is 1. The largest absolute Gasteiger partial charge is 0.508 e. The van der Waals surface area contributed by atoms with Crippen molar-refractivity contribution in [3.8, 4) is 5.75 Å². The van der Waals surface area contributed by atoms with E-state index in [1.165, 1.54) is 12.1 Å². The highest BCUT2D eigenvalue weighted by atomic mass is 19.1. The van der Waals surface area contributed by atoms with Crippen LogP contribution in [0.3, 0.4) is 0 Å². The summed E-state index contributed by atoms with van der Waals surface area (Å²) in [6, 6.07) is 3.48. The number of rotatable bonds is 6. The monoisotopic (exact) mass is 296 g/mol. The molecule has 1 heterocycles. The van der Waals surface area contributed by atoms with Crippen LogP contribution in [0.1, 0.15) is 29.6 Å². The zero-order chi connectivity index (χ0) is 15.1. The molecule has 116 valence electrons. The number of ether oxygens (including phenoxy) is 1. The van der Waals surface area contributed by atoms with Crippen molar-refractivity contribution in [2.75, 3.05) is 26.2 Å². The standard InChI is InChI=1S/C15H21FN2O3/c16-14-10-11(19)2-3-13(14)15(20)18-6-1-9-21-12-4-7-17-8-5-12/h2-3,10,12,17,19H,1,4-9H2,(H,18,20). The lowest BCUT2D eigenvalue weighted by Gasteiger charge is -2.22. The van der Waals surface area contributed by atoms with Gasteiger partial charge in [-0.15, -0.1) is 0 Å². The van der Waals surface area contributed by atoms with Gasteiger partial charge in [0, 0.05) is 19.2 Å². The van der Waals surface area contributed by atoms with E-state index in [4.69, 9.17) is 9.84 Å². The van der Waals surface area contributed by atoms with Crippen molar-refractivity contribution < 1.29 is 19.0 Å². The molecule has 1 fully saturated rings. The van der Waals surface area contributed by atoms with Gasteiger partial charge in [0.05, 0.1) is 11.7 Å². The molecule has 5 nitrogen and oxygen atoms in total. The van der Waals surface area contributed by atoms with Gasteiger partial charge in [-0.05, 0) is 44.5 Å². The van der Waals surface area contributed by atoms with E-state index in [1.807, 2.05) is 0 Å². The lowest BCUT2D eigenvalue weighted by atomic mass is 10.1. The molecule has 1 amide bonds. The van der Waals surface area contributed by atoms with Gasteiger partial charge in [0.1, 0.15) is 11.6 Å². The topological polar surface area (TPSA) is 70.6 Å². The Morgan fingerprint density at radius 1 is 1.43 bits per heavy atom. The highest BCUT2D eigenvalue weighted by molar-refractivity contribution is 5.94. The van der Waals surface area contributed by atoms with Crippen molar-refractivity contribution >= 4 is 5.91 Å². The third kappa shape index (κ3) is 4.99. The highest BCUT2D eigenvalue weighted by Gasteiger charge is 2.13. The van der Waals surface area contributed by atoms with Crippen molar-refractivity contribution in [2.45, 2.75) is 25.4 Å². The molecule has 0 spiro atoms. The molecule has 0 atom stereocenters. The Morgan fingerprint density at radius 2 is 2.19 bits per heavy atom. The normalized spacial score (nSPS) is 15.9. The van der Waals surface area contributed by atoms with E-state index in [0.717, 1.165) is 32.0 Å². The first-order chi connectivity index (χ1) is 10.2. The molecule has 0 saturated carbocycles. The number of aromatic hydroxyl groups is 1. The average Bonchev–Trinajstić information content (AvgIpc) is 2.47. The van der Waals surface area contributed by atoms with E-state index >= 15 is 0 Å². The molecule has 0 aromatic heterocycles. The summed E-state index contributed by atoms with van der Waals surface area (Å²) in [5.41, 5.74) is -0.0629. The zero-order valence-corrected chi connectivity index (χ0v) is 11.9. The maximum Gasteiger partial charge on any atom is 0.254 e. The summed E-state index contributed by atoms with van der Waals surface area (Å²) in [5.74, 6) is -1.40. The molecule has 2 rings (SSSR count). The minimum absolute atomic E-state index is 0.0629. The number of halogens is 1. The summed E-state index contributed by atoms with van der Waals surface area (Å²) in [5, 5.41) is 15.0. The van der Waals surface area contributed by atoms with Crippen molar-refractivity contribution in [1.82, 2.24) is 10.6 Å². The Morgan fingerprint density at radius 3 is 2.90 bits per heavy atom. The van der Waals surface area contributed by atoms with Gasteiger partial charge in [-0.1, -0.05) is 0 Å². The van der Waals surface area contributed by atoms with E-state index < -0.39 is 11.7 Å². The fourth-order valence-corrected chi connectivity index (χ4v) is 2.27. The molecular weight excluding hydrogens is 275 g/mol. The Balaban J connectivity index is 1.64. The minimum Gasteiger partial charge on any atom is -0.508 e. The number of phenols is 1. The van der Waals surface area contributed by atoms with Gasteiger partial charge in [-0.2, -0.15) is 0 Å². The Kier molecular flexibility index (Phi) is 5.95. The van der Waals surface area contributed by atoms with Crippen LogP contribution in [0.15, 0.2) is 18.2 Å². The van der Waals surface area contributed by atoms with Crippen LogP contribution in [0.2, 0.25) is 0 Å². The van der Waals surface area contributed by atoms with Crippen LogP contribution in [0.25, 0.3) is 0 Å². The lowest BCUT2D eigenvalue weighted by Crippen LogP contribution is -2.33. The first-order valence-electron chi connectivity index (χ1n) is 7.26. The van der Waals surface area contributed by atoms with Crippen molar-refractivity contribution in [2.24, 2.45) is 0 Å². The highest BCUT2D eigenvalue weighted by Crippen LogP contribution is 2.14. The van der Waals surface area contributed by atoms with Gasteiger partial charge < -0.3 is 20.5 Å². The summed E-state index contributed by atoms with van der Waals surface area (Å²) >= 11 is 0. The molecular formula is C15H21FN2O3. The molecule has 3 N–H and O–H groups in total. The van der Waals surface area contributed by atoms with E-state index in [2.05, 4.69) is 10.6 Å². The number of phenolic OH excluding ortho intramolecular Hbond substituents is 1. The second kappa shape index (κ2) is 7.95. The van der Waals surface area contributed by atoms with E-state index in [0.29, 0.717) is 25.7 Å². The lowest BCUT2D eigenvalue weighted by molar-refractivity contribution is 0.0317. The molecule has 1 aromatic carbocycles. The average molecular weight is 296 g/mol. The number of carbonyl (C=O) groups is 1. The van der Waals surface area contributed by atoms with Gasteiger partial charge in [0.15, 0.2) is 0 Å². The number of piperidine rings is 1. The molecule has 6 heteroatoms. The summed E-state index contributed by atoms with van der Waals surface area (Å²) in [6.07, 6.45) is 3.03. The van der Waals surface area contributed by atoms with Crippen LogP contribution in [-0.2, 0) is 4.74 Å². The third-order valence-electron chi connectivity index (χ3n) is 3.44. The molecule has 0 aliphatic carbocycles. The zero-order valence-electron chi connectivity index (χ0n) is 11.9. The number of carbonyl (C=O) groups excluding carboxylic acids is 1. The Bertz CT molecular complexity index is 476. The molecule has 0 radical (unpaired) electrons. The van der Waals surface area contributed by atoms with Gasteiger partial charge in [-0.3, -0.25) is 4.79 Å². The molecule has 1 aliphatic heterocycles. The second-order valence-corrected chi connectivity index (χ2v) is 5.09. The van der Waals surface area contributed by atoms with Crippen LogP contribution in [0.4, 0.5) is 4.39 Å². The molecule has 1 aliphatic rings. The fraction of sp³-hybridized carbons (Fsp3) is 0.533. The van der Waals surface area contributed by atoms with Gasteiger partial charge in [0.25, 0.3) is 5.91 Å². The quantitative estimate of drug-likeness (QED) is 0.694. The van der Waals surface area contributed by atoms with Crippen LogP contribution < -0.4 is 10.6 Å². The van der Waals surface area contributed by atoms with Crippen LogP contribution in [0, 0.1) is 5.82 Å². The van der Waals surface area contributed by atoms with Gasteiger partial charge >= 0.3 is 0 Å².